The molecule has 0 N–H and O–H groups in total. The molecule has 1 radical (unpaired) electrons. The number of benzene rings is 1. The number of hydrogen-bond acceptors (Lipinski definition) is 2. The first-order valence-electron chi connectivity index (χ1n) is 5.85. The SMILES string of the molecule is FC(F)(F)c1ccccc1/[C]=N/OC1CCCC1. The van der Waals surface area contributed by atoms with Gasteiger partial charge in [0.15, 0.2) is 0 Å². The van der Waals surface area contributed by atoms with Crippen molar-refractivity contribution >= 4 is 6.21 Å². The molecule has 0 amide bonds. The van der Waals surface area contributed by atoms with Crippen LogP contribution >= 0.6 is 0 Å². The fourth-order valence-corrected chi connectivity index (χ4v) is 1.97. The van der Waals surface area contributed by atoms with Crippen molar-refractivity contribution < 1.29 is 18.0 Å². The van der Waals surface area contributed by atoms with Crippen LogP contribution in [0.4, 0.5) is 13.2 Å². The van der Waals surface area contributed by atoms with Crippen LogP contribution in [0, 0.1) is 0 Å². The van der Waals surface area contributed by atoms with Gasteiger partial charge in [0.05, 0.1) is 5.56 Å². The highest BCUT2D eigenvalue weighted by Crippen LogP contribution is 2.31. The predicted molar refractivity (Wildman–Crippen MR) is 61.3 cm³/mol. The van der Waals surface area contributed by atoms with Crippen LogP contribution in [-0.2, 0) is 11.0 Å². The minimum Gasteiger partial charge on any atom is -0.392 e. The minimum absolute atomic E-state index is 0.0237. The van der Waals surface area contributed by atoms with Gasteiger partial charge in [0.25, 0.3) is 0 Å². The molecule has 0 saturated heterocycles. The fraction of sp³-hybridized carbons (Fsp3) is 0.462. The molecule has 0 aromatic heterocycles. The summed E-state index contributed by atoms with van der Waals surface area (Å²) in [5, 5.41) is 3.55. The van der Waals surface area contributed by atoms with Crippen LogP contribution in [0.15, 0.2) is 29.4 Å². The molecule has 1 aliphatic carbocycles. The molecule has 1 aromatic carbocycles. The molecule has 0 atom stereocenters. The molecule has 97 valence electrons. The van der Waals surface area contributed by atoms with Gasteiger partial charge in [-0.3, -0.25) is 0 Å². The van der Waals surface area contributed by atoms with Gasteiger partial charge in [-0.05, 0) is 31.7 Å². The number of alkyl halides is 3. The van der Waals surface area contributed by atoms with Crippen molar-refractivity contribution in [2.24, 2.45) is 5.16 Å². The van der Waals surface area contributed by atoms with Crippen molar-refractivity contribution in [2.75, 3.05) is 0 Å². The van der Waals surface area contributed by atoms with Crippen LogP contribution in [-0.4, -0.2) is 12.3 Å². The van der Waals surface area contributed by atoms with E-state index in [0.29, 0.717) is 0 Å². The van der Waals surface area contributed by atoms with Crippen molar-refractivity contribution in [3.63, 3.8) is 0 Å². The van der Waals surface area contributed by atoms with E-state index in [1.54, 1.807) is 0 Å². The summed E-state index contributed by atoms with van der Waals surface area (Å²) >= 11 is 0. The van der Waals surface area contributed by atoms with E-state index in [9.17, 15) is 13.2 Å². The van der Waals surface area contributed by atoms with Crippen LogP contribution in [0.2, 0.25) is 0 Å². The Kier molecular flexibility index (Phi) is 3.89. The van der Waals surface area contributed by atoms with Crippen molar-refractivity contribution in [3.8, 4) is 0 Å². The zero-order chi connectivity index (χ0) is 13.0. The maximum Gasteiger partial charge on any atom is 0.417 e. The van der Waals surface area contributed by atoms with Gasteiger partial charge in [0.2, 0.25) is 0 Å². The smallest absolute Gasteiger partial charge is 0.392 e. The van der Waals surface area contributed by atoms with Crippen molar-refractivity contribution in [1.29, 1.82) is 0 Å². The highest BCUT2D eigenvalue weighted by Gasteiger charge is 2.32. The molecule has 0 heterocycles. The average molecular weight is 256 g/mol. The Morgan fingerprint density at radius 2 is 1.83 bits per heavy atom. The molecular formula is C13H13F3NO. The van der Waals surface area contributed by atoms with Gasteiger partial charge in [-0.15, -0.1) is 0 Å². The highest BCUT2D eigenvalue weighted by atomic mass is 19.4. The van der Waals surface area contributed by atoms with Gasteiger partial charge in [-0.1, -0.05) is 23.4 Å². The quantitative estimate of drug-likeness (QED) is 0.594. The Labute approximate surface area is 103 Å². The fourth-order valence-electron chi connectivity index (χ4n) is 1.97. The summed E-state index contributed by atoms with van der Waals surface area (Å²) in [6, 6.07) is 5.19. The van der Waals surface area contributed by atoms with E-state index in [4.69, 9.17) is 4.84 Å². The maximum absolute atomic E-state index is 12.7. The monoisotopic (exact) mass is 256 g/mol. The molecular weight excluding hydrogens is 243 g/mol. The summed E-state index contributed by atoms with van der Waals surface area (Å²) in [4.78, 5) is 5.12. The van der Waals surface area contributed by atoms with E-state index in [2.05, 4.69) is 11.4 Å². The van der Waals surface area contributed by atoms with E-state index < -0.39 is 11.7 Å². The van der Waals surface area contributed by atoms with Crippen LogP contribution in [0.1, 0.15) is 36.8 Å². The van der Waals surface area contributed by atoms with Crippen LogP contribution in [0.3, 0.4) is 0 Å². The lowest BCUT2D eigenvalue weighted by Gasteiger charge is -2.09. The van der Waals surface area contributed by atoms with E-state index in [1.165, 1.54) is 18.2 Å². The van der Waals surface area contributed by atoms with Gasteiger partial charge < -0.3 is 4.84 Å². The summed E-state index contributed by atoms with van der Waals surface area (Å²) in [5.41, 5.74) is -0.841. The van der Waals surface area contributed by atoms with Gasteiger partial charge in [-0.25, -0.2) is 0 Å². The lowest BCUT2D eigenvalue weighted by atomic mass is 10.1. The first kappa shape index (κ1) is 12.9. The van der Waals surface area contributed by atoms with Gasteiger partial charge in [0, 0.05) is 5.56 Å². The molecule has 5 heteroatoms. The zero-order valence-corrected chi connectivity index (χ0v) is 9.70. The number of rotatable bonds is 3. The molecule has 0 bridgehead atoms. The van der Waals surface area contributed by atoms with Gasteiger partial charge >= 0.3 is 6.18 Å². The Morgan fingerprint density at radius 1 is 1.17 bits per heavy atom. The van der Waals surface area contributed by atoms with E-state index in [1.807, 2.05) is 0 Å². The summed E-state index contributed by atoms with van der Waals surface area (Å²) in [5.74, 6) is 0. The number of halogens is 3. The summed E-state index contributed by atoms with van der Waals surface area (Å²) in [6.45, 7) is 0. The predicted octanol–water partition coefficient (Wildman–Crippen LogP) is 3.88. The zero-order valence-electron chi connectivity index (χ0n) is 9.70. The first-order chi connectivity index (χ1) is 8.57. The second-order valence-corrected chi connectivity index (χ2v) is 4.26. The summed E-state index contributed by atoms with van der Waals surface area (Å²) in [6.07, 6.45) is 1.94. The highest BCUT2D eigenvalue weighted by molar-refractivity contribution is 5.81. The Hall–Kier alpha value is -1.52. The minimum atomic E-state index is -4.40. The van der Waals surface area contributed by atoms with Gasteiger partial charge in [0.1, 0.15) is 12.3 Å². The molecule has 1 fully saturated rings. The summed E-state index contributed by atoms with van der Waals surface area (Å²) in [7, 11) is 0. The topological polar surface area (TPSA) is 21.6 Å². The van der Waals surface area contributed by atoms with Crippen LogP contribution < -0.4 is 0 Å². The molecule has 18 heavy (non-hydrogen) atoms. The average Bonchev–Trinajstić information content (AvgIpc) is 2.81. The van der Waals surface area contributed by atoms with E-state index in [0.717, 1.165) is 31.7 Å². The lowest BCUT2D eigenvalue weighted by molar-refractivity contribution is -0.137. The molecule has 1 aliphatic rings. The normalized spacial score (nSPS) is 17.5. The molecule has 1 aromatic rings. The molecule has 2 rings (SSSR count). The Morgan fingerprint density at radius 3 is 2.50 bits per heavy atom. The van der Waals surface area contributed by atoms with Crippen molar-refractivity contribution in [1.82, 2.24) is 0 Å². The molecule has 2 nitrogen and oxygen atoms in total. The maximum atomic E-state index is 12.7. The third kappa shape index (κ3) is 3.24. The second-order valence-electron chi connectivity index (χ2n) is 4.26. The number of nitrogens with zero attached hydrogens (tertiary/aromatic N) is 1. The molecule has 0 aliphatic heterocycles. The van der Waals surface area contributed by atoms with Crippen LogP contribution in [0.25, 0.3) is 0 Å². The van der Waals surface area contributed by atoms with Crippen molar-refractivity contribution in [3.05, 3.63) is 35.4 Å². The van der Waals surface area contributed by atoms with E-state index in [-0.39, 0.29) is 11.7 Å². The third-order valence-electron chi connectivity index (χ3n) is 2.90. The van der Waals surface area contributed by atoms with E-state index >= 15 is 0 Å². The molecule has 0 spiro atoms. The Balaban J connectivity index is 2.06. The molecule has 0 unspecified atom stereocenters. The van der Waals surface area contributed by atoms with Crippen molar-refractivity contribution in [2.45, 2.75) is 38.0 Å². The Bertz CT molecular complexity index is 422. The largest absolute Gasteiger partial charge is 0.417 e. The molecule has 1 saturated carbocycles. The van der Waals surface area contributed by atoms with Gasteiger partial charge in [-0.2, -0.15) is 13.2 Å². The second kappa shape index (κ2) is 5.42. The standard InChI is InChI=1S/C13H13F3NO/c14-13(15,16)12-8-4-1-5-10(12)9-17-18-11-6-2-3-7-11/h1,4-5,8,11H,2-3,6-7H2. The number of hydrogen-bond donors (Lipinski definition) is 0. The van der Waals surface area contributed by atoms with Crippen LogP contribution in [0.5, 0.6) is 0 Å². The summed E-state index contributed by atoms with van der Waals surface area (Å²) < 4.78 is 38.0. The lowest BCUT2D eigenvalue weighted by Crippen LogP contribution is -2.09. The first-order valence-corrected chi connectivity index (χ1v) is 5.85. The third-order valence-corrected chi connectivity index (χ3v) is 2.90.